The normalized spacial score (nSPS) is 11.1. The zero-order valence-corrected chi connectivity index (χ0v) is 20.7. The molecule has 37 heavy (non-hydrogen) atoms. The first-order valence-electron chi connectivity index (χ1n) is 12.1. The topological polar surface area (TPSA) is 95.7 Å². The molecule has 3 aromatic rings. The summed E-state index contributed by atoms with van der Waals surface area (Å²) in [4.78, 5) is 34.8. The molecule has 0 aliphatic carbocycles. The Bertz CT molecular complexity index is 1260. The molecule has 0 aromatic heterocycles. The lowest BCUT2D eigenvalue weighted by molar-refractivity contribution is -0.384. The first-order chi connectivity index (χ1) is 17.9. The molecule has 3 rings (SSSR count). The molecular weight excluding hydrogens is 470 g/mol. The van der Waals surface area contributed by atoms with Gasteiger partial charge in [-0.3, -0.25) is 14.9 Å². The molecule has 0 heterocycles. The Kier molecular flexibility index (Phi) is 10.3. The van der Waals surface area contributed by atoms with Crippen molar-refractivity contribution in [1.82, 2.24) is 0 Å². The van der Waals surface area contributed by atoms with Gasteiger partial charge in [-0.25, -0.2) is 4.79 Å². The molecule has 0 spiro atoms. The van der Waals surface area contributed by atoms with E-state index in [9.17, 15) is 19.7 Å². The van der Waals surface area contributed by atoms with E-state index >= 15 is 0 Å². The Morgan fingerprint density at radius 3 is 2.27 bits per heavy atom. The molecule has 3 aromatic carbocycles. The summed E-state index contributed by atoms with van der Waals surface area (Å²) in [5.74, 6) is 0.312. The van der Waals surface area contributed by atoms with Gasteiger partial charge >= 0.3 is 5.97 Å². The van der Waals surface area contributed by atoms with E-state index in [2.05, 4.69) is 6.92 Å². The average molecular weight is 500 g/mol. The number of nitrogens with zero attached hydrogens (tertiary/aromatic N) is 1. The summed E-state index contributed by atoms with van der Waals surface area (Å²) in [7, 11) is 0. The molecule has 7 heteroatoms. The van der Waals surface area contributed by atoms with Crippen LogP contribution in [-0.4, -0.2) is 23.3 Å². The zero-order valence-electron chi connectivity index (χ0n) is 20.7. The fourth-order valence-corrected chi connectivity index (χ4v) is 3.41. The molecule has 0 saturated heterocycles. The van der Waals surface area contributed by atoms with Gasteiger partial charge in [-0.15, -0.1) is 0 Å². The summed E-state index contributed by atoms with van der Waals surface area (Å²) in [6, 6.07) is 19.6. The van der Waals surface area contributed by atoms with Crippen LogP contribution in [-0.2, 0) is 4.79 Å². The van der Waals surface area contributed by atoms with Crippen LogP contribution in [0, 0.1) is 10.1 Å². The Labute approximate surface area is 216 Å². The molecule has 0 bridgehead atoms. The Morgan fingerprint density at radius 1 is 0.838 bits per heavy atom. The van der Waals surface area contributed by atoms with Gasteiger partial charge in [-0.2, -0.15) is 0 Å². The van der Waals surface area contributed by atoms with E-state index in [-0.39, 0.29) is 11.5 Å². The number of ether oxygens (including phenoxy) is 2. The lowest BCUT2D eigenvalue weighted by Gasteiger charge is -2.06. The van der Waals surface area contributed by atoms with E-state index in [1.165, 1.54) is 55.7 Å². The van der Waals surface area contributed by atoms with Gasteiger partial charge in [0.25, 0.3) is 5.69 Å². The monoisotopic (exact) mass is 499 g/mol. The van der Waals surface area contributed by atoms with Crippen LogP contribution < -0.4 is 9.47 Å². The minimum absolute atomic E-state index is 0.0803. The van der Waals surface area contributed by atoms with E-state index in [0.717, 1.165) is 17.7 Å². The van der Waals surface area contributed by atoms with Crippen LogP contribution in [0.5, 0.6) is 11.5 Å². The SMILES string of the molecule is CCCCCCOc1ccc(/C=C/C(=O)Oc2cccc(/C=C/C(=O)c3ccc([N+](=O)[O-])cc3)c2)cc1. The summed E-state index contributed by atoms with van der Waals surface area (Å²) in [6.07, 6.45) is 10.6. The van der Waals surface area contributed by atoms with Crippen LogP contribution >= 0.6 is 0 Å². The van der Waals surface area contributed by atoms with Gasteiger partial charge in [-0.1, -0.05) is 56.5 Å². The fraction of sp³-hybridized carbons (Fsp3) is 0.200. The number of unbranched alkanes of at least 4 members (excludes halogenated alkanes) is 3. The van der Waals surface area contributed by atoms with E-state index in [4.69, 9.17) is 9.47 Å². The van der Waals surface area contributed by atoms with Crippen molar-refractivity contribution in [3.05, 3.63) is 112 Å². The highest BCUT2D eigenvalue weighted by atomic mass is 16.6. The van der Waals surface area contributed by atoms with Crippen LogP contribution in [0.1, 0.15) is 54.1 Å². The Balaban J connectivity index is 1.51. The van der Waals surface area contributed by atoms with Gasteiger partial charge in [0.1, 0.15) is 11.5 Å². The first-order valence-corrected chi connectivity index (χ1v) is 12.1. The van der Waals surface area contributed by atoms with E-state index < -0.39 is 10.9 Å². The molecule has 0 N–H and O–H groups in total. The van der Waals surface area contributed by atoms with Gasteiger partial charge in [-0.05, 0) is 66.1 Å². The van der Waals surface area contributed by atoms with Gasteiger partial charge in [0.2, 0.25) is 0 Å². The predicted octanol–water partition coefficient (Wildman–Crippen LogP) is 7.07. The summed E-state index contributed by atoms with van der Waals surface area (Å²) in [5, 5.41) is 10.7. The summed E-state index contributed by atoms with van der Waals surface area (Å²) < 4.78 is 11.1. The maximum atomic E-state index is 12.3. The number of allylic oxidation sites excluding steroid dienone is 1. The summed E-state index contributed by atoms with van der Waals surface area (Å²) in [5.41, 5.74) is 1.76. The minimum Gasteiger partial charge on any atom is -0.494 e. The lowest BCUT2D eigenvalue weighted by Crippen LogP contribution is -2.03. The standard InChI is InChI=1S/C30H29NO6/c1-2-3-4-5-21-36-27-17-9-23(10-18-27)12-20-30(33)37-28-8-6-7-24(22-28)11-19-29(32)25-13-15-26(16-14-25)31(34)35/h6-20,22H,2-5,21H2,1H3/b19-11+,20-12+. The predicted molar refractivity (Wildman–Crippen MR) is 144 cm³/mol. The average Bonchev–Trinajstić information content (AvgIpc) is 2.91. The number of esters is 1. The first kappa shape index (κ1) is 27.1. The molecule has 7 nitrogen and oxygen atoms in total. The second kappa shape index (κ2) is 14.1. The molecular formula is C30H29NO6. The molecule has 0 radical (unpaired) electrons. The second-order valence-corrected chi connectivity index (χ2v) is 8.31. The molecule has 0 amide bonds. The van der Waals surface area contributed by atoms with Crippen LogP contribution in [0.3, 0.4) is 0 Å². The highest BCUT2D eigenvalue weighted by molar-refractivity contribution is 6.06. The summed E-state index contributed by atoms with van der Waals surface area (Å²) >= 11 is 0. The smallest absolute Gasteiger partial charge is 0.336 e. The lowest BCUT2D eigenvalue weighted by atomic mass is 10.1. The number of carbonyl (C=O) groups excluding carboxylic acids is 2. The number of rotatable bonds is 13. The molecule has 0 atom stereocenters. The Morgan fingerprint density at radius 2 is 1.57 bits per heavy atom. The molecule has 0 aliphatic heterocycles. The second-order valence-electron chi connectivity index (χ2n) is 8.31. The van der Waals surface area contributed by atoms with Crippen molar-refractivity contribution in [2.24, 2.45) is 0 Å². The number of hydrogen-bond donors (Lipinski definition) is 0. The maximum absolute atomic E-state index is 12.3. The number of carbonyl (C=O) groups is 2. The largest absolute Gasteiger partial charge is 0.494 e. The van der Waals surface area contributed by atoms with E-state index in [1.807, 2.05) is 24.3 Å². The Hall–Kier alpha value is -4.52. The van der Waals surface area contributed by atoms with Gasteiger partial charge in [0, 0.05) is 23.8 Å². The number of non-ortho nitro benzene ring substituents is 1. The van der Waals surface area contributed by atoms with Crippen molar-refractivity contribution >= 4 is 29.6 Å². The van der Waals surface area contributed by atoms with Crippen molar-refractivity contribution in [3.63, 3.8) is 0 Å². The zero-order chi connectivity index (χ0) is 26.5. The highest BCUT2D eigenvalue weighted by Crippen LogP contribution is 2.18. The number of ketones is 1. The number of hydrogen-bond acceptors (Lipinski definition) is 6. The van der Waals surface area contributed by atoms with Gasteiger partial charge in [0.15, 0.2) is 5.78 Å². The van der Waals surface area contributed by atoms with Crippen LogP contribution in [0.25, 0.3) is 12.2 Å². The number of nitro groups is 1. The summed E-state index contributed by atoms with van der Waals surface area (Å²) in [6.45, 7) is 2.87. The third kappa shape index (κ3) is 9.22. The number of benzene rings is 3. The molecule has 0 unspecified atom stereocenters. The van der Waals surface area contributed by atoms with Crippen molar-refractivity contribution in [2.75, 3.05) is 6.61 Å². The van der Waals surface area contributed by atoms with Crippen molar-refractivity contribution < 1.29 is 24.0 Å². The van der Waals surface area contributed by atoms with Crippen LogP contribution in [0.2, 0.25) is 0 Å². The van der Waals surface area contributed by atoms with Crippen molar-refractivity contribution in [2.45, 2.75) is 32.6 Å². The van der Waals surface area contributed by atoms with Crippen molar-refractivity contribution in [3.8, 4) is 11.5 Å². The molecule has 0 fully saturated rings. The van der Waals surface area contributed by atoms with E-state index in [0.29, 0.717) is 23.5 Å². The number of nitro benzene ring substituents is 1. The van der Waals surface area contributed by atoms with Crippen LogP contribution in [0.4, 0.5) is 5.69 Å². The quantitative estimate of drug-likeness (QED) is 0.0475. The van der Waals surface area contributed by atoms with Gasteiger partial charge in [0.05, 0.1) is 11.5 Å². The van der Waals surface area contributed by atoms with Crippen LogP contribution in [0.15, 0.2) is 84.9 Å². The molecule has 0 saturated carbocycles. The molecule has 0 aliphatic rings. The van der Waals surface area contributed by atoms with Crippen molar-refractivity contribution in [1.29, 1.82) is 0 Å². The molecule has 190 valence electrons. The van der Waals surface area contributed by atoms with E-state index in [1.54, 1.807) is 36.4 Å². The highest BCUT2D eigenvalue weighted by Gasteiger charge is 2.07. The minimum atomic E-state index is -0.528. The fourth-order valence-electron chi connectivity index (χ4n) is 3.41. The maximum Gasteiger partial charge on any atom is 0.336 e. The third-order valence-electron chi connectivity index (χ3n) is 5.42. The van der Waals surface area contributed by atoms with Gasteiger partial charge < -0.3 is 9.47 Å². The third-order valence-corrected chi connectivity index (χ3v) is 5.42.